The Labute approximate surface area is 145 Å². The number of rotatable bonds is 5. The minimum Gasteiger partial charge on any atom is -0.494 e. The highest BCUT2D eigenvalue weighted by Crippen LogP contribution is 2.24. The molecule has 0 N–H and O–H groups in total. The van der Waals surface area contributed by atoms with Gasteiger partial charge in [-0.05, 0) is 53.6 Å². The first-order chi connectivity index (χ1) is 11.4. The smallest absolute Gasteiger partial charge is 0.119 e. The van der Waals surface area contributed by atoms with Crippen molar-refractivity contribution in [3.05, 3.63) is 71.6 Å². The lowest BCUT2D eigenvalue weighted by Gasteiger charge is -2.18. The van der Waals surface area contributed by atoms with Gasteiger partial charge in [0.2, 0.25) is 0 Å². The molecular formula is C22H24NO. The Hall–Kier alpha value is -2.53. The number of nitriles is 1. The number of ether oxygens (including phenoxy) is 1. The van der Waals surface area contributed by atoms with Gasteiger partial charge >= 0.3 is 0 Å². The van der Waals surface area contributed by atoms with E-state index in [1.54, 1.807) is 6.07 Å². The molecular weight excluding hydrogens is 294 g/mol. The van der Waals surface area contributed by atoms with Crippen LogP contribution in [0.2, 0.25) is 0 Å². The Kier molecular flexibility index (Phi) is 5.82. The van der Waals surface area contributed by atoms with Crippen molar-refractivity contribution in [2.45, 2.75) is 32.6 Å². The van der Waals surface area contributed by atoms with E-state index in [4.69, 9.17) is 4.74 Å². The summed E-state index contributed by atoms with van der Waals surface area (Å²) in [6.07, 6.45) is 4.70. The van der Waals surface area contributed by atoms with E-state index in [0.29, 0.717) is 18.6 Å². The maximum atomic E-state index is 9.27. The van der Waals surface area contributed by atoms with Crippen LogP contribution in [0.25, 0.3) is 12.2 Å². The molecule has 0 fully saturated rings. The van der Waals surface area contributed by atoms with Gasteiger partial charge in [-0.15, -0.1) is 0 Å². The highest BCUT2D eigenvalue weighted by Gasteiger charge is 2.12. The van der Waals surface area contributed by atoms with Crippen molar-refractivity contribution in [2.24, 2.45) is 0 Å². The third-order valence-electron chi connectivity index (χ3n) is 3.79. The van der Waals surface area contributed by atoms with Crippen LogP contribution in [0.4, 0.5) is 0 Å². The summed E-state index contributed by atoms with van der Waals surface area (Å²) >= 11 is 0. The molecule has 0 amide bonds. The van der Waals surface area contributed by atoms with Crippen molar-refractivity contribution in [1.29, 1.82) is 5.26 Å². The molecule has 0 spiro atoms. The Morgan fingerprint density at radius 2 is 1.79 bits per heavy atom. The van der Waals surface area contributed by atoms with Gasteiger partial charge in [0.25, 0.3) is 0 Å². The Morgan fingerprint density at radius 3 is 2.38 bits per heavy atom. The molecule has 0 aliphatic carbocycles. The van der Waals surface area contributed by atoms with Crippen molar-refractivity contribution in [1.82, 2.24) is 0 Å². The number of nitrogens with zero attached hydrogens (tertiary/aromatic N) is 1. The van der Waals surface area contributed by atoms with Crippen LogP contribution in [0.5, 0.6) is 5.75 Å². The first-order valence-corrected chi connectivity index (χ1v) is 8.19. The van der Waals surface area contributed by atoms with Crippen molar-refractivity contribution in [2.75, 3.05) is 6.61 Å². The fourth-order valence-electron chi connectivity index (χ4n) is 2.34. The van der Waals surface area contributed by atoms with Crippen LogP contribution < -0.4 is 4.74 Å². The van der Waals surface area contributed by atoms with Gasteiger partial charge in [-0.2, -0.15) is 5.26 Å². The summed E-state index contributed by atoms with van der Waals surface area (Å²) in [6, 6.07) is 16.2. The van der Waals surface area contributed by atoms with Crippen LogP contribution in [0.15, 0.2) is 42.5 Å². The molecule has 24 heavy (non-hydrogen) atoms. The van der Waals surface area contributed by atoms with E-state index in [1.165, 1.54) is 5.56 Å². The van der Waals surface area contributed by atoms with E-state index in [0.717, 1.165) is 16.9 Å². The average molecular weight is 318 g/mol. The van der Waals surface area contributed by atoms with E-state index < -0.39 is 0 Å². The molecule has 0 aliphatic heterocycles. The summed E-state index contributed by atoms with van der Waals surface area (Å²) in [6.45, 7) is 10.9. The molecule has 2 aromatic rings. The second-order valence-electron chi connectivity index (χ2n) is 6.77. The van der Waals surface area contributed by atoms with Gasteiger partial charge < -0.3 is 4.74 Å². The second kappa shape index (κ2) is 7.84. The van der Waals surface area contributed by atoms with Gasteiger partial charge in [0.15, 0.2) is 0 Å². The fourth-order valence-corrected chi connectivity index (χ4v) is 2.34. The quantitative estimate of drug-likeness (QED) is 0.669. The first-order valence-electron chi connectivity index (χ1n) is 8.19. The number of hydrogen-bond acceptors (Lipinski definition) is 2. The maximum Gasteiger partial charge on any atom is 0.119 e. The molecule has 0 unspecified atom stereocenters. The summed E-state index contributed by atoms with van der Waals surface area (Å²) < 4.78 is 5.59. The number of benzene rings is 2. The zero-order valence-electron chi connectivity index (χ0n) is 14.7. The average Bonchev–Trinajstić information content (AvgIpc) is 2.57. The molecule has 0 bridgehead atoms. The van der Waals surface area contributed by atoms with Crippen molar-refractivity contribution in [3.8, 4) is 11.8 Å². The van der Waals surface area contributed by atoms with E-state index in [-0.39, 0.29) is 5.41 Å². The zero-order valence-corrected chi connectivity index (χ0v) is 14.7. The Balaban J connectivity index is 2.22. The van der Waals surface area contributed by atoms with Gasteiger partial charge in [0.05, 0.1) is 18.2 Å². The fraction of sp³-hybridized carbons (Fsp3) is 0.273. The molecule has 2 rings (SSSR count). The predicted molar refractivity (Wildman–Crippen MR) is 101 cm³/mol. The lowest BCUT2D eigenvalue weighted by atomic mass is 9.87. The van der Waals surface area contributed by atoms with Gasteiger partial charge in [-0.25, -0.2) is 0 Å². The molecule has 123 valence electrons. The summed E-state index contributed by atoms with van der Waals surface area (Å²) in [5.41, 5.74) is 4.06. The molecule has 0 saturated heterocycles. The molecule has 2 heteroatoms. The third kappa shape index (κ3) is 4.73. The Bertz CT molecular complexity index is 743. The largest absolute Gasteiger partial charge is 0.494 e. The maximum absolute atomic E-state index is 9.27. The molecule has 2 nitrogen and oxygen atoms in total. The molecule has 0 saturated carbocycles. The lowest BCUT2D eigenvalue weighted by Crippen LogP contribution is -2.10. The van der Waals surface area contributed by atoms with E-state index in [2.05, 4.69) is 58.0 Å². The van der Waals surface area contributed by atoms with E-state index in [1.807, 2.05) is 24.3 Å². The predicted octanol–water partition coefficient (Wildman–Crippen LogP) is 5.63. The van der Waals surface area contributed by atoms with Crippen LogP contribution in [0, 0.1) is 18.3 Å². The van der Waals surface area contributed by atoms with Crippen molar-refractivity contribution >= 4 is 12.2 Å². The van der Waals surface area contributed by atoms with Crippen LogP contribution >= 0.6 is 0 Å². The molecule has 2 aromatic carbocycles. The second-order valence-corrected chi connectivity index (χ2v) is 6.77. The Morgan fingerprint density at radius 1 is 1.08 bits per heavy atom. The highest BCUT2D eigenvalue weighted by molar-refractivity contribution is 5.73. The van der Waals surface area contributed by atoms with Gasteiger partial charge in [-0.1, -0.05) is 57.2 Å². The minimum atomic E-state index is 0.149. The molecule has 0 aliphatic rings. The highest BCUT2D eigenvalue weighted by atomic mass is 16.5. The van der Waals surface area contributed by atoms with Crippen LogP contribution in [-0.4, -0.2) is 6.61 Å². The standard InChI is InChI=1S/C22H24NO/c1-5-14-24-21-13-10-19(16-23)18(15-21)9-6-17-7-11-20(12-8-17)22(2,3)4/h6-13,15H,1,5,14H2,2-4H3/b9-6+. The summed E-state index contributed by atoms with van der Waals surface area (Å²) in [5.74, 6) is 0.764. The SMILES string of the molecule is [CH2]CCOc1ccc(C#N)c(/C=C/c2ccc(C(C)(C)C)cc2)c1. The zero-order chi connectivity index (χ0) is 17.6. The molecule has 1 radical (unpaired) electrons. The minimum absolute atomic E-state index is 0.149. The molecule has 0 heterocycles. The van der Waals surface area contributed by atoms with Gasteiger partial charge in [0.1, 0.15) is 5.75 Å². The first kappa shape index (κ1) is 17.8. The number of hydrogen-bond donors (Lipinski definition) is 0. The third-order valence-corrected chi connectivity index (χ3v) is 3.79. The normalized spacial score (nSPS) is 11.5. The van der Waals surface area contributed by atoms with E-state index in [9.17, 15) is 5.26 Å². The lowest BCUT2D eigenvalue weighted by molar-refractivity contribution is 0.324. The summed E-state index contributed by atoms with van der Waals surface area (Å²) in [7, 11) is 0. The van der Waals surface area contributed by atoms with Crippen molar-refractivity contribution < 1.29 is 4.74 Å². The van der Waals surface area contributed by atoms with Crippen molar-refractivity contribution in [3.63, 3.8) is 0 Å². The monoisotopic (exact) mass is 318 g/mol. The molecule has 0 aromatic heterocycles. The van der Waals surface area contributed by atoms with E-state index >= 15 is 0 Å². The van der Waals surface area contributed by atoms with Crippen LogP contribution in [0.3, 0.4) is 0 Å². The topological polar surface area (TPSA) is 33.0 Å². The molecule has 0 atom stereocenters. The van der Waals surface area contributed by atoms with Gasteiger partial charge in [0, 0.05) is 0 Å². The van der Waals surface area contributed by atoms with Gasteiger partial charge in [-0.3, -0.25) is 0 Å². The summed E-state index contributed by atoms with van der Waals surface area (Å²) in [5, 5.41) is 9.27. The van der Waals surface area contributed by atoms with Crippen LogP contribution in [0.1, 0.15) is 49.4 Å². The van der Waals surface area contributed by atoms with Crippen LogP contribution in [-0.2, 0) is 5.41 Å². The summed E-state index contributed by atoms with van der Waals surface area (Å²) in [4.78, 5) is 0.